The van der Waals surface area contributed by atoms with Crippen molar-refractivity contribution in [2.24, 2.45) is 0 Å². The molecule has 0 radical (unpaired) electrons. The summed E-state index contributed by atoms with van der Waals surface area (Å²) in [6, 6.07) is 138. The summed E-state index contributed by atoms with van der Waals surface area (Å²) in [4.78, 5) is 9.79. The van der Waals surface area contributed by atoms with Crippen molar-refractivity contribution in [2.75, 3.05) is 19.6 Å². The molecule has 0 saturated heterocycles. The van der Waals surface area contributed by atoms with Crippen LogP contribution in [0.25, 0.3) is 86.9 Å². The van der Waals surface area contributed by atoms with E-state index in [1.165, 1.54) is 21.5 Å². The molecule has 0 heterocycles. The van der Waals surface area contributed by atoms with Crippen LogP contribution in [-0.4, -0.2) is 0 Å². The van der Waals surface area contributed by atoms with Crippen LogP contribution in [0, 0.1) is 0 Å². The summed E-state index contributed by atoms with van der Waals surface area (Å²) < 4.78 is 0. The molecule has 0 spiro atoms. The number of fused-ring (bicyclic) bond motifs is 6. The maximum Gasteiger partial charge on any atom is 0.0626 e. The number of rotatable bonds is 14. The van der Waals surface area contributed by atoms with Crippen molar-refractivity contribution in [1.29, 1.82) is 0 Å². The first-order valence-corrected chi connectivity index (χ1v) is 32.2. The normalized spacial score (nSPS) is 11.4. The Bertz CT molecular complexity index is 5030. The third kappa shape index (κ3) is 10.2. The van der Waals surface area contributed by atoms with Gasteiger partial charge in [0.2, 0.25) is 0 Å². The number of benzene rings is 17. The zero-order valence-corrected chi connectivity index (χ0v) is 51.6. The minimum absolute atomic E-state index is 1.05. The zero-order chi connectivity index (χ0) is 62.3. The fourth-order valence-electron chi connectivity index (χ4n) is 14.1. The lowest BCUT2D eigenvalue weighted by molar-refractivity contribution is 1.28. The van der Waals surface area contributed by atoms with E-state index in [-0.39, 0.29) is 0 Å². The molecule has 17 rings (SSSR count). The van der Waals surface area contributed by atoms with E-state index in [1.807, 2.05) is 0 Å². The van der Waals surface area contributed by atoms with E-state index < -0.39 is 0 Å². The molecule has 0 aliphatic heterocycles. The summed E-state index contributed by atoms with van der Waals surface area (Å²) in [5.41, 5.74) is 17.1. The van der Waals surface area contributed by atoms with E-state index in [2.05, 4.69) is 396 Å². The van der Waals surface area contributed by atoms with Crippen LogP contribution in [0.3, 0.4) is 0 Å². The predicted molar refractivity (Wildman–Crippen MR) is 401 cm³/mol. The van der Waals surface area contributed by atoms with E-state index >= 15 is 0 Å². The van der Waals surface area contributed by atoms with Crippen molar-refractivity contribution in [1.82, 2.24) is 0 Å². The molecule has 0 N–H and O–H groups in total. The van der Waals surface area contributed by atoms with Gasteiger partial charge in [0, 0.05) is 78.4 Å². The molecule has 0 bridgehead atoms. The van der Waals surface area contributed by atoms with E-state index in [0.717, 1.165) is 134 Å². The lowest BCUT2D eigenvalue weighted by atomic mass is 9.85. The minimum Gasteiger partial charge on any atom is -0.311 e. The van der Waals surface area contributed by atoms with Gasteiger partial charge in [-0.15, -0.1) is 0 Å². The molecule has 17 aromatic carbocycles. The van der Waals surface area contributed by atoms with Crippen molar-refractivity contribution in [3.05, 3.63) is 376 Å². The molecule has 0 amide bonds. The molecule has 0 unspecified atom stereocenters. The predicted octanol–water partition coefficient (Wildman–Crippen LogP) is 25.8. The second kappa shape index (κ2) is 24.0. The van der Waals surface area contributed by atoms with Crippen LogP contribution in [-0.2, 0) is 0 Å². The second-order valence-corrected chi connectivity index (χ2v) is 24.1. The number of anilines is 12. The number of hydrogen-bond donors (Lipinski definition) is 0. The fraction of sp³-hybridized carbons (Fsp3) is 0. The molecule has 0 fully saturated rings. The van der Waals surface area contributed by atoms with E-state index in [4.69, 9.17) is 0 Å². The van der Waals surface area contributed by atoms with Gasteiger partial charge in [-0.25, -0.2) is 0 Å². The smallest absolute Gasteiger partial charge is 0.0626 e. The Morgan fingerprint density at radius 2 is 0.372 bits per heavy atom. The van der Waals surface area contributed by atoms with Crippen molar-refractivity contribution in [2.45, 2.75) is 0 Å². The maximum absolute atomic E-state index is 2.55. The highest BCUT2D eigenvalue weighted by Crippen LogP contribution is 2.57. The van der Waals surface area contributed by atoms with Gasteiger partial charge in [-0.3, -0.25) is 0 Å². The zero-order valence-electron chi connectivity index (χ0n) is 51.6. The summed E-state index contributed by atoms with van der Waals surface area (Å²) in [5.74, 6) is 0. The Balaban J connectivity index is 1.03. The van der Waals surface area contributed by atoms with Gasteiger partial charge in [-0.05, 0) is 187 Å². The maximum atomic E-state index is 2.55. The first kappa shape index (κ1) is 55.6. The topological polar surface area (TPSA) is 13.0 Å². The molecule has 4 heteroatoms. The van der Waals surface area contributed by atoms with Crippen molar-refractivity contribution in [3.63, 3.8) is 0 Å². The van der Waals surface area contributed by atoms with Gasteiger partial charge in [-0.2, -0.15) is 0 Å². The van der Waals surface area contributed by atoms with Crippen LogP contribution in [0.1, 0.15) is 0 Å². The Morgan fingerprint density at radius 3 is 0.649 bits per heavy atom. The largest absolute Gasteiger partial charge is 0.311 e. The molecule has 0 atom stereocenters. The summed E-state index contributed by atoms with van der Waals surface area (Å²) in [6.45, 7) is 0. The highest BCUT2D eigenvalue weighted by molar-refractivity contribution is 6.30. The van der Waals surface area contributed by atoms with Gasteiger partial charge in [0.15, 0.2) is 0 Å². The Labute approximate surface area is 547 Å². The summed E-state index contributed by atoms with van der Waals surface area (Å²) in [6.07, 6.45) is 0. The highest BCUT2D eigenvalue weighted by Gasteiger charge is 2.30. The van der Waals surface area contributed by atoms with Gasteiger partial charge in [0.25, 0.3) is 0 Å². The molecular formula is C90H62N4. The molecule has 17 aromatic rings. The first-order chi connectivity index (χ1) is 46.6. The Morgan fingerprint density at radius 1 is 0.149 bits per heavy atom. The average Bonchev–Trinajstić information content (AvgIpc) is 0.705. The number of nitrogens with zero attached hydrogens (tertiary/aromatic N) is 4. The minimum atomic E-state index is 1.05. The highest BCUT2D eigenvalue weighted by atomic mass is 15.2. The van der Waals surface area contributed by atoms with E-state index in [1.54, 1.807) is 0 Å². The van der Waals surface area contributed by atoms with Crippen molar-refractivity contribution < 1.29 is 0 Å². The first-order valence-electron chi connectivity index (χ1n) is 32.2. The Kier molecular flexibility index (Phi) is 14.2. The molecule has 4 nitrogen and oxygen atoms in total. The molecule has 0 aromatic heterocycles. The van der Waals surface area contributed by atoms with E-state index in [0.29, 0.717) is 0 Å². The van der Waals surface area contributed by atoms with Crippen LogP contribution in [0.5, 0.6) is 0 Å². The molecule has 0 aliphatic carbocycles. The van der Waals surface area contributed by atoms with Crippen molar-refractivity contribution in [3.8, 4) is 22.3 Å². The number of hydrogen-bond acceptors (Lipinski definition) is 4. The summed E-state index contributed by atoms with van der Waals surface area (Å²) >= 11 is 0. The van der Waals surface area contributed by atoms with Gasteiger partial charge in [0.1, 0.15) is 0 Å². The fourth-order valence-corrected chi connectivity index (χ4v) is 14.1. The quantitative estimate of drug-likeness (QED) is 0.0795. The second-order valence-electron chi connectivity index (χ2n) is 24.1. The standard InChI is InChI=1S/C90H62N4/c1-5-31-73(32-6-1)91(74-33-7-2-8-34-74)77-49-45-67(46-50-77)83-57-58-84(68-47-51-78(52-48-68)92(75-35-9-3-10-36-75)76-37-11-4-12-38-76)88-87(83)89(93(79-53-41-63-23-13-17-27-69(63)59-79)80-54-42-64-24-14-18-28-70(64)60-80)85-39-21-22-40-86(85)90(88)94(81-55-43-65-25-15-19-29-71(65)61-81)82-56-44-66-26-16-20-30-72(66)62-82/h1-62H. The monoisotopic (exact) mass is 1200 g/mol. The molecule has 94 heavy (non-hydrogen) atoms. The SMILES string of the molecule is c1ccc(N(c2ccccc2)c2ccc(-c3ccc(-c4ccc(N(c5ccccc5)c5ccccc5)cc4)c4c(N(c5ccc6ccccc6c5)c5ccc6ccccc6c5)c5ccccc5c(N(c5ccc6ccccc6c5)c5ccc6ccccc6c5)c34)cc2)cc1. The van der Waals surface area contributed by atoms with E-state index in [9.17, 15) is 0 Å². The van der Waals surface area contributed by atoms with Gasteiger partial charge in [-0.1, -0.05) is 255 Å². The lowest BCUT2D eigenvalue weighted by Crippen LogP contribution is -2.15. The van der Waals surface area contributed by atoms with Crippen LogP contribution < -0.4 is 19.6 Å². The molecule has 0 saturated carbocycles. The van der Waals surface area contributed by atoms with Crippen LogP contribution in [0.2, 0.25) is 0 Å². The molecule has 442 valence electrons. The molecule has 0 aliphatic rings. The average molecular weight is 1200 g/mol. The summed E-state index contributed by atoms with van der Waals surface area (Å²) in [7, 11) is 0. The third-order valence-electron chi connectivity index (χ3n) is 18.5. The van der Waals surface area contributed by atoms with Crippen LogP contribution >= 0.6 is 0 Å². The van der Waals surface area contributed by atoms with Gasteiger partial charge in [0.05, 0.1) is 11.4 Å². The Hall–Kier alpha value is -12.5. The van der Waals surface area contributed by atoms with Gasteiger partial charge < -0.3 is 19.6 Å². The lowest BCUT2D eigenvalue weighted by Gasteiger charge is -2.35. The van der Waals surface area contributed by atoms with Crippen LogP contribution in [0.15, 0.2) is 376 Å². The third-order valence-corrected chi connectivity index (χ3v) is 18.5. The van der Waals surface area contributed by atoms with Crippen LogP contribution in [0.4, 0.5) is 68.2 Å². The summed E-state index contributed by atoms with van der Waals surface area (Å²) in [5, 5.41) is 13.8. The number of para-hydroxylation sites is 4. The van der Waals surface area contributed by atoms with Crippen molar-refractivity contribution >= 4 is 133 Å². The molecular weight excluding hydrogens is 1140 g/mol. The van der Waals surface area contributed by atoms with Gasteiger partial charge >= 0.3 is 0 Å².